The molecule has 2 atom stereocenters. The van der Waals surface area contributed by atoms with Crippen molar-refractivity contribution in [1.82, 2.24) is 9.97 Å². The van der Waals surface area contributed by atoms with Crippen molar-refractivity contribution in [3.05, 3.63) is 21.7 Å². The van der Waals surface area contributed by atoms with Gasteiger partial charge in [0.15, 0.2) is 0 Å². The van der Waals surface area contributed by atoms with Gasteiger partial charge >= 0.3 is 0 Å². The molecular weight excluding hydrogens is 219 g/mol. The maximum Gasteiger partial charge on any atom is 0.224 e. The van der Waals surface area contributed by atoms with Crippen LogP contribution in [-0.2, 0) is 6.42 Å². The molecule has 1 aromatic rings. The zero-order valence-electron chi connectivity index (χ0n) is 7.63. The van der Waals surface area contributed by atoms with Crippen molar-refractivity contribution < 1.29 is 0 Å². The lowest BCUT2D eigenvalue weighted by Crippen LogP contribution is -1.98. The minimum absolute atomic E-state index is 0.286. The molecule has 14 heavy (non-hydrogen) atoms. The van der Waals surface area contributed by atoms with Crippen LogP contribution >= 0.6 is 23.2 Å². The summed E-state index contributed by atoms with van der Waals surface area (Å²) in [7, 11) is 0. The smallest absolute Gasteiger partial charge is 0.223 e. The average Bonchev–Trinajstić information content (AvgIpc) is 2.60. The first-order valence-corrected chi connectivity index (χ1v) is 5.73. The molecule has 0 bridgehead atoms. The molecule has 0 radical (unpaired) electrons. The van der Waals surface area contributed by atoms with Crippen LogP contribution in [0.5, 0.6) is 0 Å². The molecule has 4 heteroatoms. The van der Waals surface area contributed by atoms with E-state index < -0.39 is 0 Å². The van der Waals surface area contributed by atoms with E-state index in [9.17, 15) is 0 Å². The van der Waals surface area contributed by atoms with Crippen LogP contribution in [0.3, 0.4) is 0 Å². The van der Waals surface area contributed by atoms with Crippen LogP contribution in [0, 0.1) is 5.92 Å². The highest BCUT2D eigenvalue weighted by Gasteiger charge is 2.39. The highest BCUT2D eigenvalue weighted by atomic mass is 35.5. The third-order valence-corrected chi connectivity index (χ3v) is 3.89. The second kappa shape index (κ2) is 3.07. The van der Waals surface area contributed by atoms with Gasteiger partial charge in [0, 0.05) is 5.56 Å². The van der Waals surface area contributed by atoms with Gasteiger partial charge in [0.25, 0.3) is 0 Å². The molecule has 0 spiro atoms. The van der Waals surface area contributed by atoms with Gasteiger partial charge in [-0.3, -0.25) is 0 Å². The number of rotatable bonds is 0. The maximum absolute atomic E-state index is 6.11. The molecule has 1 fully saturated rings. The molecule has 0 aromatic carbocycles. The van der Waals surface area contributed by atoms with Gasteiger partial charge in [0.2, 0.25) is 5.28 Å². The quantitative estimate of drug-likeness (QED) is 0.504. The third-order valence-electron chi connectivity index (χ3n) is 3.44. The van der Waals surface area contributed by atoms with Crippen molar-refractivity contribution in [2.75, 3.05) is 0 Å². The molecule has 0 amide bonds. The zero-order chi connectivity index (χ0) is 9.71. The lowest BCUT2D eigenvalue weighted by Gasteiger charge is -2.09. The Labute approximate surface area is 92.7 Å². The summed E-state index contributed by atoms with van der Waals surface area (Å²) in [5, 5.41) is 0.864. The van der Waals surface area contributed by atoms with Gasteiger partial charge in [0.05, 0.1) is 5.69 Å². The summed E-state index contributed by atoms with van der Waals surface area (Å²) in [5.74, 6) is 1.35. The first-order valence-electron chi connectivity index (χ1n) is 4.97. The fourth-order valence-corrected chi connectivity index (χ4v) is 3.45. The summed E-state index contributed by atoms with van der Waals surface area (Å²) in [6, 6.07) is 0. The van der Waals surface area contributed by atoms with Crippen LogP contribution < -0.4 is 0 Å². The molecule has 2 unspecified atom stereocenters. The monoisotopic (exact) mass is 228 g/mol. The van der Waals surface area contributed by atoms with Crippen molar-refractivity contribution in [2.24, 2.45) is 5.92 Å². The number of hydrogen-bond acceptors (Lipinski definition) is 2. The number of hydrogen-bond donors (Lipinski definition) is 0. The van der Waals surface area contributed by atoms with Gasteiger partial charge in [-0.25, -0.2) is 9.97 Å². The number of aromatic nitrogens is 2. The minimum atomic E-state index is 0.286. The Morgan fingerprint density at radius 1 is 1.14 bits per heavy atom. The Balaban J connectivity index is 2.14. The molecule has 1 aromatic heterocycles. The van der Waals surface area contributed by atoms with Crippen molar-refractivity contribution in [3.8, 4) is 0 Å². The van der Waals surface area contributed by atoms with E-state index in [1.54, 1.807) is 0 Å². The molecule has 1 saturated carbocycles. The highest BCUT2D eigenvalue weighted by molar-refractivity contribution is 6.32. The number of halogens is 2. The van der Waals surface area contributed by atoms with Crippen LogP contribution in [0.2, 0.25) is 10.4 Å². The van der Waals surface area contributed by atoms with Crippen LogP contribution in [0.1, 0.15) is 36.4 Å². The molecule has 2 aliphatic rings. The van der Waals surface area contributed by atoms with Crippen molar-refractivity contribution in [3.63, 3.8) is 0 Å². The fourth-order valence-electron chi connectivity index (χ4n) is 2.89. The molecule has 0 N–H and O–H groups in total. The normalized spacial score (nSPS) is 29.0. The van der Waals surface area contributed by atoms with Crippen LogP contribution in [-0.4, -0.2) is 9.97 Å². The summed E-state index contributed by atoms with van der Waals surface area (Å²) in [6.45, 7) is 0. The Kier molecular flexibility index (Phi) is 1.96. The van der Waals surface area contributed by atoms with Crippen molar-refractivity contribution in [2.45, 2.75) is 31.6 Å². The zero-order valence-corrected chi connectivity index (χ0v) is 9.15. The van der Waals surface area contributed by atoms with Gasteiger partial charge in [-0.05, 0) is 42.7 Å². The van der Waals surface area contributed by atoms with Crippen molar-refractivity contribution in [1.29, 1.82) is 0 Å². The van der Waals surface area contributed by atoms with Gasteiger partial charge in [-0.2, -0.15) is 0 Å². The van der Waals surface area contributed by atoms with E-state index >= 15 is 0 Å². The van der Waals surface area contributed by atoms with E-state index in [0.29, 0.717) is 11.1 Å². The number of nitrogens with zero attached hydrogens (tertiary/aromatic N) is 2. The lowest BCUT2D eigenvalue weighted by atomic mass is 9.97. The van der Waals surface area contributed by atoms with Gasteiger partial charge < -0.3 is 0 Å². The summed E-state index contributed by atoms with van der Waals surface area (Å²) in [4.78, 5) is 8.29. The van der Waals surface area contributed by atoms with E-state index in [1.807, 2.05) is 0 Å². The highest BCUT2D eigenvalue weighted by Crippen LogP contribution is 2.49. The molecule has 0 aliphatic heterocycles. The molecule has 3 rings (SSSR count). The first-order chi connectivity index (χ1) is 6.75. The van der Waals surface area contributed by atoms with E-state index in [-0.39, 0.29) is 5.28 Å². The molecular formula is C10H10Cl2N2. The summed E-state index contributed by atoms with van der Waals surface area (Å²) < 4.78 is 0. The largest absolute Gasteiger partial charge is 0.224 e. The van der Waals surface area contributed by atoms with Gasteiger partial charge in [0.1, 0.15) is 5.15 Å². The SMILES string of the molecule is Clc1nc(Cl)c2c(n1)CC1CCCC21. The Morgan fingerprint density at radius 2 is 2.00 bits per heavy atom. The maximum atomic E-state index is 6.11. The third kappa shape index (κ3) is 1.17. The summed E-state index contributed by atoms with van der Waals surface area (Å²) in [6.07, 6.45) is 4.90. The predicted molar refractivity (Wildman–Crippen MR) is 55.8 cm³/mol. The van der Waals surface area contributed by atoms with E-state index in [4.69, 9.17) is 23.2 Å². The average molecular weight is 229 g/mol. The molecule has 2 aliphatic carbocycles. The summed E-state index contributed by atoms with van der Waals surface area (Å²) in [5.41, 5.74) is 2.27. The molecule has 0 saturated heterocycles. The molecule has 2 nitrogen and oxygen atoms in total. The molecule has 74 valence electrons. The first kappa shape index (κ1) is 8.93. The van der Waals surface area contributed by atoms with Gasteiger partial charge in [-0.15, -0.1) is 0 Å². The Bertz CT molecular complexity index is 392. The second-order valence-electron chi connectivity index (χ2n) is 4.15. The lowest BCUT2D eigenvalue weighted by molar-refractivity contribution is 0.525. The van der Waals surface area contributed by atoms with E-state index in [2.05, 4.69) is 9.97 Å². The topological polar surface area (TPSA) is 25.8 Å². The van der Waals surface area contributed by atoms with Crippen molar-refractivity contribution >= 4 is 23.2 Å². The second-order valence-corrected chi connectivity index (χ2v) is 4.84. The number of fused-ring (bicyclic) bond motifs is 3. The standard InChI is InChI=1S/C10H10Cl2N2/c11-9-8-6-3-1-2-5(6)4-7(8)13-10(12)14-9/h5-6H,1-4H2. The Morgan fingerprint density at radius 3 is 2.86 bits per heavy atom. The van der Waals surface area contributed by atoms with Crippen LogP contribution in [0.25, 0.3) is 0 Å². The Hall–Kier alpha value is -0.340. The van der Waals surface area contributed by atoms with E-state index in [1.165, 1.54) is 24.8 Å². The molecule has 1 heterocycles. The minimum Gasteiger partial charge on any atom is -0.223 e. The van der Waals surface area contributed by atoms with Crippen LogP contribution in [0.15, 0.2) is 0 Å². The van der Waals surface area contributed by atoms with E-state index in [0.717, 1.165) is 18.0 Å². The van der Waals surface area contributed by atoms with Crippen LogP contribution in [0.4, 0.5) is 0 Å². The summed E-state index contributed by atoms with van der Waals surface area (Å²) >= 11 is 11.9. The van der Waals surface area contributed by atoms with Gasteiger partial charge in [-0.1, -0.05) is 18.0 Å². The fraction of sp³-hybridized carbons (Fsp3) is 0.600. The predicted octanol–water partition coefficient (Wildman–Crippen LogP) is 3.22.